The van der Waals surface area contributed by atoms with E-state index in [9.17, 15) is 0 Å². The van der Waals surface area contributed by atoms with Crippen molar-refractivity contribution in [1.82, 2.24) is 5.32 Å². The van der Waals surface area contributed by atoms with Crippen LogP contribution in [0.25, 0.3) is 0 Å². The van der Waals surface area contributed by atoms with Gasteiger partial charge in [0, 0.05) is 11.5 Å². The highest BCUT2D eigenvalue weighted by Gasteiger charge is 2.34. The van der Waals surface area contributed by atoms with Crippen molar-refractivity contribution in [3.05, 3.63) is 35.9 Å². The minimum Gasteiger partial charge on any atom is -0.311 e. The number of benzene rings is 1. The lowest BCUT2D eigenvalue weighted by Crippen LogP contribution is -2.36. The first-order valence-electron chi connectivity index (χ1n) is 5.00. The fourth-order valence-electron chi connectivity index (χ4n) is 2.29. The summed E-state index contributed by atoms with van der Waals surface area (Å²) in [5.74, 6) is 0.675. The van der Waals surface area contributed by atoms with Crippen LogP contribution in [0.3, 0.4) is 0 Å². The Morgan fingerprint density at radius 1 is 1.23 bits per heavy atom. The second-order valence-electron chi connectivity index (χ2n) is 4.40. The molecule has 1 N–H and O–H groups in total. The molecule has 0 radical (unpaired) electrons. The van der Waals surface area contributed by atoms with Crippen molar-refractivity contribution in [2.75, 3.05) is 6.54 Å². The zero-order valence-electron chi connectivity index (χ0n) is 8.38. The first-order valence-corrected chi connectivity index (χ1v) is 5.00. The lowest BCUT2D eigenvalue weighted by molar-refractivity contribution is 0.411. The molecule has 13 heavy (non-hydrogen) atoms. The van der Waals surface area contributed by atoms with Gasteiger partial charge in [0.2, 0.25) is 0 Å². The normalized spacial score (nSPS) is 26.2. The van der Waals surface area contributed by atoms with Crippen molar-refractivity contribution in [2.45, 2.75) is 31.7 Å². The predicted octanol–water partition coefficient (Wildman–Crippen LogP) is 2.54. The molecule has 0 spiro atoms. The van der Waals surface area contributed by atoms with E-state index in [4.69, 9.17) is 0 Å². The highest BCUT2D eigenvalue weighted by Crippen LogP contribution is 2.34. The molecule has 1 saturated heterocycles. The van der Waals surface area contributed by atoms with Gasteiger partial charge in [0.1, 0.15) is 0 Å². The molecule has 0 aromatic heterocycles. The Morgan fingerprint density at radius 3 is 2.46 bits per heavy atom. The SMILES string of the molecule is CC1(C)NCC[C@@H]1c1ccccc1. The summed E-state index contributed by atoms with van der Waals surface area (Å²) in [5, 5.41) is 3.54. The zero-order chi connectivity index (χ0) is 9.31. The second kappa shape index (κ2) is 3.15. The van der Waals surface area contributed by atoms with E-state index in [1.54, 1.807) is 0 Å². The molecule has 1 atom stereocenters. The number of rotatable bonds is 1. The van der Waals surface area contributed by atoms with Crippen LogP contribution in [0.5, 0.6) is 0 Å². The summed E-state index contributed by atoms with van der Waals surface area (Å²) >= 11 is 0. The second-order valence-corrected chi connectivity index (χ2v) is 4.40. The van der Waals surface area contributed by atoms with Gasteiger partial charge in [-0.1, -0.05) is 30.3 Å². The Hall–Kier alpha value is -0.820. The molecule has 0 aliphatic carbocycles. The summed E-state index contributed by atoms with van der Waals surface area (Å²) in [6.45, 7) is 5.72. The predicted molar refractivity (Wildman–Crippen MR) is 55.9 cm³/mol. The number of hydrogen-bond acceptors (Lipinski definition) is 1. The molecular formula is C12H17N. The lowest BCUT2D eigenvalue weighted by atomic mass is 9.83. The maximum atomic E-state index is 3.54. The fourth-order valence-corrected chi connectivity index (χ4v) is 2.29. The molecule has 1 fully saturated rings. The summed E-state index contributed by atoms with van der Waals surface area (Å²) in [4.78, 5) is 0. The number of hydrogen-bond donors (Lipinski definition) is 1. The lowest BCUT2D eigenvalue weighted by Gasteiger charge is -2.27. The van der Waals surface area contributed by atoms with Gasteiger partial charge in [-0.25, -0.2) is 0 Å². The van der Waals surface area contributed by atoms with Crippen LogP contribution < -0.4 is 5.32 Å². The largest absolute Gasteiger partial charge is 0.311 e. The van der Waals surface area contributed by atoms with Crippen molar-refractivity contribution in [3.8, 4) is 0 Å². The minimum atomic E-state index is 0.265. The molecule has 1 heterocycles. The van der Waals surface area contributed by atoms with Crippen LogP contribution in [0.2, 0.25) is 0 Å². The molecule has 1 aliphatic heterocycles. The van der Waals surface area contributed by atoms with Crippen LogP contribution in [0.15, 0.2) is 30.3 Å². The van der Waals surface area contributed by atoms with Crippen molar-refractivity contribution < 1.29 is 0 Å². The fraction of sp³-hybridized carbons (Fsp3) is 0.500. The van der Waals surface area contributed by atoms with E-state index in [0.29, 0.717) is 5.92 Å². The van der Waals surface area contributed by atoms with E-state index in [1.807, 2.05) is 0 Å². The monoisotopic (exact) mass is 175 g/mol. The van der Waals surface area contributed by atoms with Gasteiger partial charge in [0.25, 0.3) is 0 Å². The molecule has 2 rings (SSSR count). The molecular weight excluding hydrogens is 158 g/mol. The maximum Gasteiger partial charge on any atom is 0.0194 e. The zero-order valence-corrected chi connectivity index (χ0v) is 8.38. The molecule has 0 amide bonds. The minimum absolute atomic E-state index is 0.265. The third-order valence-electron chi connectivity index (χ3n) is 3.09. The van der Waals surface area contributed by atoms with Crippen molar-refractivity contribution in [1.29, 1.82) is 0 Å². The Kier molecular flexibility index (Phi) is 2.12. The first-order chi connectivity index (χ1) is 6.20. The molecule has 1 aromatic rings. The molecule has 0 saturated carbocycles. The van der Waals surface area contributed by atoms with Crippen LogP contribution in [0.1, 0.15) is 31.7 Å². The molecule has 1 aromatic carbocycles. The van der Waals surface area contributed by atoms with Crippen LogP contribution >= 0.6 is 0 Å². The third-order valence-corrected chi connectivity index (χ3v) is 3.09. The van der Waals surface area contributed by atoms with E-state index in [2.05, 4.69) is 49.5 Å². The maximum absolute atomic E-state index is 3.54. The summed E-state index contributed by atoms with van der Waals surface area (Å²) < 4.78 is 0. The van der Waals surface area contributed by atoms with Crippen LogP contribution in [0, 0.1) is 0 Å². The summed E-state index contributed by atoms with van der Waals surface area (Å²) in [7, 11) is 0. The van der Waals surface area contributed by atoms with Gasteiger partial charge >= 0.3 is 0 Å². The van der Waals surface area contributed by atoms with E-state index in [0.717, 1.165) is 6.54 Å². The van der Waals surface area contributed by atoms with Crippen LogP contribution in [-0.4, -0.2) is 12.1 Å². The summed E-state index contributed by atoms with van der Waals surface area (Å²) in [6, 6.07) is 10.8. The Morgan fingerprint density at radius 2 is 1.92 bits per heavy atom. The molecule has 1 nitrogen and oxygen atoms in total. The molecule has 0 unspecified atom stereocenters. The molecule has 1 heteroatoms. The standard InChI is InChI=1S/C12H17N/c1-12(2)11(8-9-13-12)10-6-4-3-5-7-10/h3-7,11,13H,8-9H2,1-2H3/t11-/m1/s1. The third kappa shape index (κ3) is 1.61. The topological polar surface area (TPSA) is 12.0 Å². The van der Waals surface area contributed by atoms with Crippen LogP contribution in [0.4, 0.5) is 0 Å². The first kappa shape index (κ1) is 8.76. The van der Waals surface area contributed by atoms with Crippen LogP contribution in [-0.2, 0) is 0 Å². The summed E-state index contributed by atoms with van der Waals surface area (Å²) in [5.41, 5.74) is 1.74. The molecule has 0 bridgehead atoms. The van der Waals surface area contributed by atoms with E-state index in [-0.39, 0.29) is 5.54 Å². The van der Waals surface area contributed by atoms with Gasteiger partial charge in [-0.05, 0) is 32.4 Å². The Labute approximate surface area is 80.2 Å². The molecule has 1 aliphatic rings. The average molecular weight is 175 g/mol. The highest BCUT2D eigenvalue weighted by atomic mass is 15.0. The van der Waals surface area contributed by atoms with Crippen molar-refractivity contribution in [3.63, 3.8) is 0 Å². The van der Waals surface area contributed by atoms with Crippen molar-refractivity contribution in [2.24, 2.45) is 0 Å². The van der Waals surface area contributed by atoms with Gasteiger partial charge in [0.15, 0.2) is 0 Å². The van der Waals surface area contributed by atoms with Gasteiger partial charge < -0.3 is 5.32 Å². The van der Waals surface area contributed by atoms with E-state index < -0.39 is 0 Å². The van der Waals surface area contributed by atoms with Gasteiger partial charge in [-0.2, -0.15) is 0 Å². The van der Waals surface area contributed by atoms with Crippen molar-refractivity contribution >= 4 is 0 Å². The Balaban J connectivity index is 2.27. The smallest absolute Gasteiger partial charge is 0.0194 e. The summed E-state index contributed by atoms with van der Waals surface area (Å²) in [6.07, 6.45) is 1.26. The number of nitrogens with one attached hydrogen (secondary N) is 1. The van der Waals surface area contributed by atoms with E-state index >= 15 is 0 Å². The van der Waals surface area contributed by atoms with Gasteiger partial charge in [-0.3, -0.25) is 0 Å². The van der Waals surface area contributed by atoms with Gasteiger partial charge in [-0.15, -0.1) is 0 Å². The molecule has 70 valence electrons. The Bertz CT molecular complexity index is 276. The van der Waals surface area contributed by atoms with E-state index in [1.165, 1.54) is 12.0 Å². The average Bonchev–Trinajstić information content (AvgIpc) is 2.47. The quantitative estimate of drug-likeness (QED) is 0.691. The highest BCUT2D eigenvalue weighted by molar-refractivity contribution is 5.24. The van der Waals surface area contributed by atoms with Gasteiger partial charge in [0.05, 0.1) is 0 Å².